The van der Waals surface area contributed by atoms with Gasteiger partial charge in [-0.15, -0.1) is 0 Å². The van der Waals surface area contributed by atoms with Gasteiger partial charge < -0.3 is 4.57 Å². The van der Waals surface area contributed by atoms with Crippen LogP contribution in [0.3, 0.4) is 0 Å². The molecule has 0 fully saturated rings. The lowest BCUT2D eigenvalue weighted by Gasteiger charge is -2.09. The Bertz CT molecular complexity index is 287. The second-order valence-corrected chi connectivity index (χ2v) is 3.21. The summed E-state index contributed by atoms with van der Waals surface area (Å²) in [6.45, 7) is 4.54. The molecule has 0 spiro atoms. The predicted molar refractivity (Wildman–Crippen MR) is 49.8 cm³/mol. The molecule has 0 aromatic carbocycles. The first-order valence-electron chi connectivity index (χ1n) is 4.08. The molecule has 1 radical (unpaired) electrons. The Balaban J connectivity index is 3.04. The second kappa shape index (κ2) is 4.03. The fourth-order valence-corrected chi connectivity index (χ4v) is 1.20. The van der Waals surface area contributed by atoms with Gasteiger partial charge in [-0.1, -0.05) is 13.8 Å². The quantitative estimate of drug-likeness (QED) is 0.658. The third-order valence-corrected chi connectivity index (χ3v) is 1.76. The van der Waals surface area contributed by atoms with E-state index in [-0.39, 0.29) is 0 Å². The molecule has 0 aliphatic rings. The molecule has 0 atom stereocenters. The van der Waals surface area contributed by atoms with Gasteiger partial charge in [0.25, 0.3) is 0 Å². The van der Waals surface area contributed by atoms with Gasteiger partial charge in [0.2, 0.25) is 0 Å². The van der Waals surface area contributed by atoms with E-state index in [1.807, 2.05) is 13.8 Å². The molecule has 0 saturated carbocycles. The van der Waals surface area contributed by atoms with Crippen LogP contribution < -0.4 is 0 Å². The molecular formula is C10H12NO2. The van der Waals surface area contributed by atoms with Crippen LogP contribution in [-0.4, -0.2) is 17.1 Å². The van der Waals surface area contributed by atoms with Crippen molar-refractivity contribution in [1.29, 1.82) is 0 Å². The van der Waals surface area contributed by atoms with Crippen LogP contribution in [0.25, 0.3) is 0 Å². The van der Waals surface area contributed by atoms with Crippen molar-refractivity contribution in [3.63, 3.8) is 0 Å². The lowest BCUT2D eigenvalue weighted by atomic mass is 10.2. The Morgan fingerprint density at radius 3 is 2.00 bits per heavy atom. The summed E-state index contributed by atoms with van der Waals surface area (Å²) in [6, 6.07) is 3.30. The number of nitrogens with zero attached hydrogens (tertiary/aromatic N) is 1. The Morgan fingerprint density at radius 1 is 1.23 bits per heavy atom. The molecule has 1 heterocycles. The fraction of sp³-hybridized carbons (Fsp3) is 0.300. The number of rotatable bonds is 4. The van der Waals surface area contributed by atoms with Crippen LogP contribution in [0.1, 0.15) is 34.8 Å². The summed E-state index contributed by atoms with van der Waals surface area (Å²) in [4.78, 5) is 21.2. The minimum Gasteiger partial charge on any atom is -0.336 e. The standard InChI is InChI=1S/C10H12NO2/c1-8(2)5-11-9(6-12)3-4-10(11)7-13/h3-4,6-7H,5H2,1-2H3. The van der Waals surface area contributed by atoms with Crippen LogP contribution in [-0.2, 0) is 6.54 Å². The maximum Gasteiger partial charge on any atom is 0.166 e. The van der Waals surface area contributed by atoms with Crippen LogP contribution in [0, 0.1) is 5.92 Å². The molecule has 0 unspecified atom stereocenters. The van der Waals surface area contributed by atoms with Gasteiger partial charge in [0, 0.05) is 6.54 Å². The van der Waals surface area contributed by atoms with Gasteiger partial charge in [0.05, 0.1) is 11.4 Å². The van der Waals surface area contributed by atoms with Gasteiger partial charge in [-0.3, -0.25) is 9.59 Å². The van der Waals surface area contributed by atoms with Crippen molar-refractivity contribution in [2.24, 2.45) is 0 Å². The first kappa shape index (κ1) is 9.71. The summed E-state index contributed by atoms with van der Waals surface area (Å²) >= 11 is 0. The van der Waals surface area contributed by atoms with Gasteiger partial charge >= 0.3 is 0 Å². The van der Waals surface area contributed by atoms with E-state index >= 15 is 0 Å². The first-order chi connectivity index (χ1) is 6.19. The van der Waals surface area contributed by atoms with E-state index in [2.05, 4.69) is 0 Å². The zero-order valence-electron chi connectivity index (χ0n) is 7.78. The van der Waals surface area contributed by atoms with Crippen LogP contribution in [0.2, 0.25) is 0 Å². The molecule has 0 saturated heterocycles. The normalized spacial score (nSPS) is 10.4. The highest BCUT2D eigenvalue weighted by Gasteiger charge is 2.07. The monoisotopic (exact) mass is 178 g/mol. The summed E-state index contributed by atoms with van der Waals surface area (Å²) in [6.07, 6.45) is 1.52. The molecule has 13 heavy (non-hydrogen) atoms. The van der Waals surface area contributed by atoms with Crippen LogP contribution >= 0.6 is 0 Å². The van der Waals surface area contributed by atoms with Crippen molar-refractivity contribution in [2.45, 2.75) is 20.4 Å². The van der Waals surface area contributed by atoms with Crippen LogP contribution in [0.4, 0.5) is 0 Å². The third kappa shape index (κ3) is 2.05. The van der Waals surface area contributed by atoms with Crippen molar-refractivity contribution >= 4 is 12.6 Å². The number of hydrogen-bond acceptors (Lipinski definition) is 2. The average Bonchev–Trinajstić information content (AvgIpc) is 2.46. The molecule has 0 bridgehead atoms. The number of hydrogen-bond donors (Lipinski definition) is 0. The maximum absolute atomic E-state index is 10.6. The van der Waals surface area contributed by atoms with Gasteiger partial charge in [-0.25, -0.2) is 0 Å². The predicted octanol–water partition coefficient (Wildman–Crippen LogP) is 1.73. The molecule has 0 N–H and O–H groups in total. The lowest BCUT2D eigenvalue weighted by molar-refractivity contribution is 0.111. The summed E-state index contributed by atoms with van der Waals surface area (Å²) in [5.41, 5.74) is 1.09. The molecule has 1 rings (SSSR count). The largest absolute Gasteiger partial charge is 0.336 e. The topological polar surface area (TPSA) is 39.1 Å². The molecular weight excluding hydrogens is 166 g/mol. The highest BCUT2D eigenvalue weighted by Crippen LogP contribution is 2.10. The van der Waals surface area contributed by atoms with Crippen molar-refractivity contribution in [3.8, 4) is 0 Å². The highest BCUT2D eigenvalue weighted by atomic mass is 16.1. The smallest absolute Gasteiger partial charge is 0.166 e. The van der Waals surface area contributed by atoms with Crippen LogP contribution in [0.5, 0.6) is 0 Å². The van der Waals surface area contributed by atoms with E-state index in [1.54, 1.807) is 16.7 Å². The zero-order valence-corrected chi connectivity index (χ0v) is 7.78. The molecule has 69 valence electrons. The molecule has 3 heteroatoms. The van der Waals surface area contributed by atoms with Gasteiger partial charge in [0.1, 0.15) is 0 Å². The summed E-state index contributed by atoms with van der Waals surface area (Å²) in [5, 5.41) is 0. The number of aromatic nitrogens is 1. The minimum atomic E-state index is 0.545. The highest BCUT2D eigenvalue weighted by molar-refractivity contribution is 5.79. The first-order valence-corrected chi connectivity index (χ1v) is 4.08. The van der Waals surface area contributed by atoms with Crippen molar-refractivity contribution in [1.82, 2.24) is 4.57 Å². The number of carbonyl (C=O) groups excluding carboxylic acids is 2. The van der Waals surface area contributed by atoms with E-state index in [0.717, 1.165) is 18.5 Å². The van der Waals surface area contributed by atoms with E-state index in [4.69, 9.17) is 0 Å². The van der Waals surface area contributed by atoms with E-state index < -0.39 is 0 Å². The molecule has 3 nitrogen and oxygen atoms in total. The van der Waals surface area contributed by atoms with Crippen molar-refractivity contribution in [3.05, 3.63) is 29.4 Å². The van der Waals surface area contributed by atoms with Gasteiger partial charge in [-0.2, -0.15) is 0 Å². The molecule has 0 aliphatic heterocycles. The lowest BCUT2D eigenvalue weighted by Crippen LogP contribution is -2.09. The number of aldehydes is 2. The zero-order chi connectivity index (χ0) is 9.84. The molecule has 1 aromatic rings. The Kier molecular flexibility index (Phi) is 3.01. The average molecular weight is 178 g/mol. The SMILES string of the molecule is C[C](C)Cn1c(C=O)ccc1C=O. The van der Waals surface area contributed by atoms with Gasteiger partial charge in [0.15, 0.2) is 12.6 Å². The Hall–Kier alpha value is -1.38. The van der Waals surface area contributed by atoms with E-state index in [9.17, 15) is 9.59 Å². The Labute approximate surface area is 77.4 Å². The fourth-order valence-electron chi connectivity index (χ4n) is 1.20. The number of carbonyl (C=O) groups is 2. The molecule has 0 aliphatic carbocycles. The summed E-state index contributed by atoms with van der Waals surface area (Å²) < 4.78 is 1.70. The Morgan fingerprint density at radius 2 is 1.69 bits per heavy atom. The minimum absolute atomic E-state index is 0.545. The maximum atomic E-state index is 10.6. The van der Waals surface area contributed by atoms with E-state index in [1.165, 1.54) is 0 Å². The summed E-state index contributed by atoms with van der Waals surface area (Å²) in [7, 11) is 0. The van der Waals surface area contributed by atoms with E-state index in [0.29, 0.717) is 17.9 Å². The van der Waals surface area contributed by atoms with Crippen LogP contribution in [0.15, 0.2) is 12.1 Å². The molecule has 1 aromatic heterocycles. The molecule has 0 amide bonds. The summed E-state index contributed by atoms with van der Waals surface area (Å²) in [5.74, 6) is 1.16. The third-order valence-electron chi connectivity index (χ3n) is 1.76. The van der Waals surface area contributed by atoms with Crippen molar-refractivity contribution < 1.29 is 9.59 Å². The second-order valence-electron chi connectivity index (χ2n) is 3.21. The van der Waals surface area contributed by atoms with Crippen molar-refractivity contribution in [2.75, 3.05) is 0 Å². The van der Waals surface area contributed by atoms with Gasteiger partial charge in [-0.05, 0) is 18.1 Å².